The molecule has 1 aliphatic rings. The predicted molar refractivity (Wildman–Crippen MR) is 80.7 cm³/mol. The lowest BCUT2D eigenvalue weighted by molar-refractivity contribution is 0.412. The third-order valence-electron chi connectivity index (χ3n) is 3.45. The highest BCUT2D eigenvalue weighted by atomic mass is 79.9. The maximum absolute atomic E-state index is 12.1. The average Bonchev–Trinajstić information content (AvgIpc) is 2.37. The van der Waals surface area contributed by atoms with Gasteiger partial charge in [0.25, 0.3) is 0 Å². The normalized spacial score (nSPS) is 23.8. The lowest BCUT2D eigenvalue weighted by Crippen LogP contribution is -2.31. The molecule has 1 aliphatic heterocycles. The molecule has 2 atom stereocenters. The molecule has 0 radical (unpaired) electrons. The van der Waals surface area contributed by atoms with Crippen molar-refractivity contribution in [2.24, 2.45) is 0 Å². The van der Waals surface area contributed by atoms with Gasteiger partial charge in [-0.15, -0.1) is 11.6 Å². The monoisotopic (exact) mass is 366 g/mol. The van der Waals surface area contributed by atoms with E-state index in [4.69, 9.17) is 16.3 Å². The van der Waals surface area contributed by atoms with Crippen LogP contribution in [-0.4, -0.2) is 26.5 Å². The number of halogens is 2. The minimum absolute atomic E-state index is 0.248. The van der Waals surface area contributed by atoms with Crippen LogP contribution in [0.25, 0.3) is 0 Å². The molecule has 19 heavy (non-hydrogen) atoms. The molecule has 1 fully saturated rings. The van der Waals surface area contributed by atoms with Crippen LogP contribution < -0.4 is 4.74 Å². The second kappa shape index (κ2) is 6.02. The van der Waals surface area contributed by atoms with E-state index >= 15 is 0 Å². The highest BCUT2D eigenvalue weighted by molar-refractivity contribution is 9.10. The Labute approximate surface area is 127 Å². The zero-order valence-corrected chi connectivity index (χ0v) is 13.8. The van der Waals surface area contributed by atoms with Crippen LogP contribution in [0.5, 0.6) is 5.75 Å². The van der Waals surface area contributed by atoms with Crippen LogP contribution in [0.1, 0.15) is 30.2 Å². The van der Waals surface area contributed by atoms with Crippen molar-refractivity contribution in [2.75, 3.05) is 12.9 Å². The maximum Gasteiger partial charge on any atom is 0.154 e. The summed E-state index contributed by atoms with van der Waals surface area (Å²) in [5, 5.41) is -0.990. The van der Waals surface area contributed by atoms with E-state index in [1.807, 2.05) is 12.1 Å². The van der Waals surface area contributed by atoms with Gasteiger partial charge in [0.05, 0.1) is 28.0 Å². The van der Waals surface area contributed by atoms with E-state index in [9.17, 15) is 8.42 Å². The van der Waals surface area contributed by atoms with Gasteiger partial charge in [0.1, 0.15) is 5.75 Å². The highest BCUT2D eigenvalue weighted by Crippen LogP contribution is 2.37. The van der Waals surface area contributed by atoms with E-state index in [1.165, 1.54) is 0 Å². The van der Waals surface area contributed by atoms with Gasteiger partial charge in [0, 0.05) is 0 Å². The van der Waals surface area contributed by atoms with Gasteiger partial charge in [-0.3, -0.25) is 0 Å². The Bertz CT molecular complexity index is 559. The molecule has 1 aromatic rings. The zero-order valence-electron chi connectivity index (χ0n) is 10.6. The van der Waals surface area contributed by atoms with E-state index in [-0.39, 0.29) is 5.75 Å². The second-order valence-electron chi connectivity index (χ2n) is 4.70. The first kappa shape index (κ1) is 15.1. The molecule has 0 saturated carbocycles. The first-order valence-electron chi connectivity index (χ1n) is 6.15. The van der Waals surface area contributed by atoms with Crippen molar-refractivity contribution < 1.29 is 13.2 Å². The van der Waals surface area contributed by atoms with E-state index in [1.54, 1.807) is 13.2 Å². The number of alkyl halides is 1. The third-order valence-corrected chi connectivity index (χ3v) is 7.06. The molecule has 0 amide bonds. The largest absolute Gasteiger partial charge is 0.496 e. The molecular formula is C13H16BrClO3S. The fourth-order valence-electron chi connectivity index (χ4n) is 2.38. The summed E-state index contributed by atoms with van der Waals surface area (Å²) in [4.78, 5) is 0. The van der Waals surface area contributed by atoms with Crippen LogP contribution in [0, 0.1) is 0 Å². The van der Waals surface area contributed by atoms with E-state index in [2.05, 4.69) is 15.9 Å². The molecule has 0 spiro atoms. The van der Waals surface area contributed by atoms with Crippen molar-refractivity contribution in [3.05, 3.63) is 28.2 Å². The Balaban J connectivity index is 2.28. The van der Waals surface area contributed by atoms with Gasteiger partial charge < -0.3 is 4.74 Å². The van der Waals surface area contributed by atoms with E-state index < -0.39 is 20.5 Å². The molecule has 0 bridgehead atoms. The van der Waals surface area contributed by atoms with Crippen LogP contribution in [0.2, 0.25) is 0 Å². The van der Waals surface area contributed by atoms with Crippen molar-refractivity contribution in [3.63, 3.8) is 0 Å². The first-order valence-corrected chi connectivity index (χ1v) is 9.09. The van der Waals surface area contributed by atoms with Crippen LogP contribution in [0.4, 0.5) is 0 Å². The predicted octanol–water partition coefficient (Wildman–Crippen LogP) is 3.70. The molecule has 1 saturated heterocycles. The molecule has 2 unspecified atom stereocenters. The van der Waals surface area contributed by atoms with Gasteiger partial charge in [0.15, 0.2) is 9.84 Å². The summed E-state index contributed by atoms with van der Waals surface area (Å²) >= 11 is 9.79. The first-order chi connectivity index (χ1) is 8.95. The molecule has 2 rings (SSSR count). The summed E-state index contributed by atoms with van der Waals surface area (Å²) in [6.07, 6.45) is 2.30. The standard InChI is InChI=1S/C13H16BrClO3S/c1-18-11-6-5-9(8-10(11)14)13(15)12-4-2-3-7-19(12,16)17/h5-6,8,12-13H,2-4,7H2,1H3. The van der Waals surface area contributed by atoms with Crippen LogP contribution in [-0.2, 0) is 9.84 Å². The van der Waals surface area contributed by atoms with Gasteiger partial charge in [-0.25, -0.2) is 8.42 Å². The molecule has 106 valence electrons. The van der Waals surface area contributed by atoms with E-state index in [0.29, 0.717) is 12.2 Å². The van der Waals surface area contributed by atoms with Crippen molar-refractivity contribution >= 4 is 37.4 Å². The minimum atomic E-state index is -3.08. The van der Waals surface area contributed by atoms with Crippen molar-refractivity contribution in [2.45, 2.75) is 29.9 Å². The highest BCUT2D eigenvalue weighted by Gasteiger charge is 2.35. The van der Waals surface area contributed by atoms with Crippen LogP contribution in [0.15, 0.2) is 22.7 Å². The number of sulfone groups is 1. The Kier molecular flexibility index (Phi) is 4.79. The summed E-state index contributed by atoms with van der Waals surface area (Å²) in [5.74, 6) is 0.956. The fraction of sp³-hybridized carbons (Fsp3) is 0.538. The number of hydrogen-bond donors (Lipinski definition) is 0. The molecule has 1 aromatic carbocycles. The molecular weight excluding hydrogens is 352 g/mol. The molecule has 3 nitrogen and oxygen atoms in total. The second-order valence-corrected chi connectivity index (χ2v) is 8.36. The number of rotatable bonds is 3. The van der Waals surface area contributed by atoms with Crippen molar-refractivity contribution in [1.29, 1.82) is 0 Å². The van der Waals surface area contributed by atoms with Gasteiger partial charge in [-0.2, -0.15) is 0 Å². The topological polar surface area (TPSA) is 43.4 Å². The number of ether oxygens (including phenoxy) is 1. The number of benzene rings is 1. The number of hydrogen-bond acceptors (Lipinski definition) is 3. The Morgan fingerprint density at radius 2 is 2.16 bits per heavy atom. The van der Waals surface area contributed by atoms with Crippen molar-refractivity contribution in [3.8, 4) is 5.75 Å². The summed E-state index contributed by atoms with van der Waals surface area (Å²) in [6.45, 7) is 0. The summed E-state index contributed by atoms with van der Waals surface area (Å²) in [7, 11) is -1.49. The Morgan fingerprint density at radius 1 is 1.42 bits per heavy atom. The molecule has 0 N–H and O–H groups in total. The third kappa shape index (κ3) is 3.26. The summed E-state index contributed by atoms with van der Waals surface area (Å²) in [6, 6.07) is 5.45. The quantitative estimate of drug-likeness (QED) is 0.765. The molecule has 0 aromatic heterocycles. The molecule has 0 aliphatic carbocycles. The summed E-state index contributed by atoms with van der Waals surface area (Å²) in [5.41, 5.74) is 0.810. The zero-order chi connectivity index (χ0) is 14.0. The molecule has 1 heterocycles. The Morgan fingerprint density at radius 3 is 2.74 bits per heavy atom. The maximum atomic E-state index is 12.1. The van der Waals surface area contributed by atoms with Gasteiger partial charge in [-0.1, -0.05) is 12.5 Å². The van der Waals surface area contributed by atoms with Crippen LogP contribution >= 0.6 is 27.5 Å². The van der Waals surface area contributed by atoms with Gasteiger partial charge in [-0.05, 0) is 46.5 Å². The van der Waals surface area contributed by atoms with Gasteiger partial charge in [0.2, 0.25) is 0 Å². The average molecular weight is 368 g/mol. The Hall–Kier alpha value is -0.260. The molecule has 6 heteroatoms. The fourth-order valence-corrected chi connectivity index (χ4v) is 5.62. The lowest BCUT2D eigenvalue weighted by atomic mass is 10.0. The van der Waals surface area contributed by atoms with E-state index in [0.717, 1.165) is 22.9 Å². The smallest absolute Gasteiger partial charge is 0.154 e. The lowest BCUT2D eigenvalue weighted by Gasteiger charge is -2.26. The minimum Gasteiger partial charge on any atom is -0.496 e. The SMILES string of the molecule is COc1ccc(C(Cl)C2CCCCS2(=O)=O)cc1Br. The summed E-state index contributed by atoms with van der Waals surface area (Å²) < 4.78 is 30.1. The van der Waals surface area contributed by atoms with Crippen molar-refractivity contribution in [1.82, 2.24) is 0 Å². The van der Waals surface area contributed by atoms with Crippen LogP contribution in [0.3, 0.4) is 0 Å². The van der Waals surface area contributed by atoms with Gasteiger partial charge >= 0.3 is 0 Å². The number of methoxy groups -OCH3 is 1.